The summed E-state index contributed by atoms with van der Waals surface area (Å²) in [6.07, 6.45) is 6.33. The van der Waals surface area contributed by atoms with Gasteiger partial charge in [0.15, 0.2) is 5.96 Å². The Balaban J connectivity index is 0.00000420. The highest BCUT2D eigenvalue weighted by Crippen LogP contribution is 2.17. The summed E-state index contributed by atoms with van der Waals surface area (Å²) < 4.78 is 5.35. The van der Waals surface area contributed by atoms with Gasteiger partial charge in [-0.25, -0.2) is 0 Å². The van der Waals surface area contributed by atoms with Crippen molar-refractivity contribution in [3.63, 3.8) is 0 Å². The lowest BCUT2D eigenvalue weighted by atomic mass is 9.95. The number of guanidine groups is 1. The van der Waals surface area contributed by atoms with Crippen molar-refractivity contribution in [1.29, 1.82) is 0 Å². The van der Waals surface area contributed by atoms with E-state index in [1.54, 1.807) is 0 Å². The van der Waals surface area contributed by atoms with Crippen LogP contribution in [-0.4, -0.2) is 86.0 Å². The molecule has 0 aromatic carbocycles. The fourth-order valence-corrected chi connectivity index (χ4v) is 3.72. The van der Waals surface area contributed by atoms with E-state index in [0.29, 0.717) is 51.3 Å². The number of aliphatic hydroxyl groups is 1. The first kappa shape index (κ1) is 26.4. The molecule has 8 nitrogen and oxygen atoms in total. The Morgan fingerprint density at radius 2 is 1.90 bits per heavy atom. The van der Waals surface area contributed by atoms with Gasteiger partial charge < -0.3 is 25.8 Å². The van der Waals surface area contributed by atoms with Gasteiger partial charge >= 0.3 is 0 Å². The van der Waals surface area contributed by atoms with Crippen molar-refractivity contribution >= 4 is 35.8 Å². The number of morpholine rings is 1. The van der Waals surface area contributed by atoms with Gasteiger partial charge in [0.1, 0.15) is 0 Å². The monoisotopic (exact) mass is 525 g/mol. The number of nitrogens with zero attached hydrogens (tertiary/aromatic N) is 2. The normalized spacial score (nSPS) is 21.0. The molecule has 0 aromatic heterocycles. The molecule has 4 N–H and O–H groups in total. The Kier molecular flexibility index (Phi) is 13.1. The third-order valence-electron chi connectivity index (χ3n) is 5.20. The third kappa shape index (κ3) is 11.4. The number of carbonyl (C=O) groups excluding carboxylic acids is 1. The summed E-state index contributed by atoms with van der Waals surface area (Å²) in [5, 5.41) is 20.2. The first-order valence-electron chi connectivity index (χ1n) is 10.8. The molecule has 1 aliphatic heterocycles. The zero-order valence-corrected chi connectivity index (χ0v) is 20.4. The summed E-state index contributed by atoms with van der Waals surface area (Å²) in [6.45, 7) is 9.05. The Morgan fingerprint density at radius 3 is 2.55 bits per heavy atom. The van der Waals surface area contributed by atoms with E-state index in [-0.39, 0.29) is 29.9 Å². The predicted octanol–water partition coefficient (Wildman–Crippen LogP) is 1.08. The first-order chi connectivity index (χ1) is 13.5. The van der Waals surface area contributed by atoms with Crippen molar-refractivity contribution in [1.82, 2.24) is 20.9 Å². The molecule has 0 radical (unpaired) electrons. The van der Waals surface area contributed by atoms with Crippen LogP contribution in [0.3, 0.4) is 0 Å². The van der Waals surface area contributed by atoms with Crippen LogP contribution in [0.1, 0.15) is 52.4 Å². The summed E-state index contributed by atoms with van der Waals surface area (Å²) in [5.74, 6) is 0.727. The highest BCUT2D eigenvalue weighted by Gasteiger charge is 2.25. The molecular weight excluding hydrogens is 485 g/mol. The van der Waals surface area contributed by atoms with Crippen LogP contribution < -0.4 is 16.0 Å². The van der Waals surface area contributed by atoms with E-state index in [0.717, 1.165) is 32.5 Å². The summed E-state index contributed by atoms with van der Waals surface area (Å²) in [5.41, 5.74) is -0.905. The standard InChI is InChI=1S/C20H39N5O3.HI/c1-3-21-19(22-10-9-18(26)24-17-7-5-4-6-8-17)23-15-20(2,27)16-25-11-13-28-14-12-25;/h17,27H,3-16H2,1-2H3,(H,24,26)(H2,21,22,23);1H. The van der Waals surface area contributed by atoms with Crippen LogP contribution >= 0.6 is 24.0 Å². The summed E-state index contributed by atoms with van der Waals surface area (Å²) in [6, 6.07) is 0.346. The SMILES string of the molecule is CCNC(=NCC(C)(O)CN1CCOCC1)NCCC(=O)NC1CCCCC1.I. The number of aliphatic imine (C=N–C) groups is 1. The summed E-state index contributed by atoms with van der Waals surface area (Å²) >= 11 is 0. The van der Waals surface area contributed by atoms with E-state index < -0.39 is 5.60 Å². The average molecular weight is 525 g/mol. The van der Waals surface area contributed by atoms with Crippen LogP contribution in [0.15, 0.2) is 4.99 Å². The molecule has 2 fully saturated rings. The Bertz CT molecular complexity index is 493. The maximum Gasteiger partial charge on any atom is 0.221 e. The maximum absolute atomic E-state index is 12.1. The molecule has 1 aliphatic carbocycles. The van der Waals surface area contributed by atoms with E-state index in [1.165, 1.54) is 19.3 Å². The molecule has 1 saturated carbocycles. The molecule has 170 valence electrons. The lowest BCUT2D eigenvalue weighted by Gasteiger charge is -2.33. The first-order valence-corrected chi connectivity index (χ1v) is 10.8. The Hall–Kier alpha value is -0.650. The minimum Gasteiger partial charge on any atom is -0.387 e. The molecular formula is C20H40IN5O3. The fraction of sp³-hybridized carbons (Fsp3) is 0.900. The highest BCUT2D eigenvalue weighted by atomic mass is 127. The molecule has 1 heterocycles. The van der Waals surface area contributed by atoms with E-state index in [9.17, 15) is 9.90 Å². The van der Waals surface area contributed by atoms with Crippen molar-refractivity contribution < 1.29 is 14.6 Å². The zero-order chi connectivity index (χ0) is 20.2. The van der Waals surface area contributed by atoms with Gasteiger partial charge in [-0.3, -0.25) is 14.7 Å². The van der Waals surface area contributed by atoms with Crippen LogP contribution in [0.5, 0.6) is 0 Å². The van der Waals surface area contributed by atoms with Gasteiger partial charge in [0.05, 0.1) is 25.4 Å². The van der Waals surface area contributed by atoms with Crippen LogP contribution in [-0.2, 0) is 9.53 Å². The number of amides is 1. The number of halogens is 1. The summed E-state index contributed by atoms with van der Waals surface area (Å²) in [7, 11) is 0. The molecule has 0 spiro atoms. The number of carbonyl (C=O) groups is 1. The quantitative estimate of drug-likeness (QED) is 0.205. The van der Waals surface area contributed by atoms with E-state index in [2.05, 4.69) is 25.8 Å². The highest BCUT2D eigenvalue weighted by molar-refractivity contribution is 14.0. The molecule has 1 atom stereocenters. The zero-order valence-electron chi connectivity index (χ0n) is 18.0. The minimum absolute atomic E-state index is 0. The van der Waals surface area contributed by atoms with Crippen LogP contribution in [0.25, 0.3) is 0 Å². The number of β-amino-alcohol motifs (C(OH)–C–C–N with tert-alkyl or cyclic N) is 1. The van der Waals surface area contributed by atoms with Crippen molar-refractivity contribution in [2.75, 3.05) is 52.5 Å². The van der Waals surface area contributed by atoms with E-state index >= 15 is 0 Å². The Labute approximate surface area is 192 Å². The van der Waals surface area contributed by atoms with Gasteiger partial charge in [0, 0.05) is 45.2 Å². The van der Waals surface area contributed by atoms with Crippen molar-refractivity contribution in [3.05, 3.63) is 0 Å². The average Bonchev–Trinajstić information content (AvgIpc) is 2.67. The molecule has 0 aromatic rings. The minimum atomic E-state index is -0.905. The van der Waals surface area contributed by atoms with Crippen LogP contribution in [0, 0.1) is 0 Å². The molecule has 1 amide bonds. The second-order valence-corrected chi connectivity index (χ2v) is 8.16. The summed E-state index contributed by atoms with van der Waals surface area (Å²) in [4.78, 5) is 18.8. The third-order valence-corrected chi connectivity index (χ3v) is 5.20. The lowest BCUT2D eigenvalue weighted by molar-refractivity contribution is -0.121. The number of nitrogens with one attached hydrogen (secondary N) is 3. The Morgan fingerprint density at radius 1 is 1.21 bits per heavy atom. The topological polar surface area (TPSA) is 98.2 Å². The van der Waals surface area contributed by atoms with Crippen molar-refractivity contribution in [2.45, 2.75) is 64.0 Å². The van der Waals surface area contributed by atoms with E-state index in [4.69, 9.17) is 4.74 Å². The second-order valence-electron chi connectivity index (χ2n) is 8.16. The number of hydrogen-bond acceptors (Lipinski definition) is 5. The van der Waals surface area contributed by atoms with Gasteiger partial charge in [-0.2, -0.15) is 0 Å². The van der Waals surface area contributed by atoms with Gasteiger partial charge in [-0.15, -0.1) is 24.0 Å². The molecule has 2 aliphatic rings. The van der Waals surface area contributed by atoms with Crippen LogP contribution in [0.4, 0.5) is 0 Å². The lowest BCUT2D eigenvalue weighted by Crippen LogP contribution is -2.48. The predicted molar refractivity (Wildman–Crippen MR) is 127 cm³/mol. The maximum atomic E-state index is 12.1. The number of hydrogen-bond donors (Lipinski definition) is 4. The van der Waals surface area contributed by atoms with Crippen LogP contribution in [0.2, 0.25) is 0 Å². The second kappa shape index (κ2) is 14.4. The largest absolute Gasteiger partial charge is 0.387 e. The van der Waals surface area contributed by atoms with Crippen molar-refractivity contribution in [2.24, 2.45) is 4.99 Å². The molecule has 9 heteroatoms. The molecule has 1 saturated heterocycles. The van der Waals surface area contributed by atoms with Gasteiger partial charge in [-0.05, 0) is 26.7 Å². The molecule has 0 bridgehead atoms. The smallest absolute Gasteiger partial charge is 0.221 e. The van der Waals surface area contributed by atoms with Gasteiger partial charge in [0.25, 0.3) is 0 Å². The van der Waals surface area contributed by atoms with Crippen molar-refractivity contribution in [3.8, 4) is 0 Å². The van der Waals surface area contributed by atoms with E-state index in [1.807, 2.05) is 13.8 Å². The van der Waals surface area contributed by atoms with Gasteiger partial charge in [0.2, 0.25) is 5.91 Å². The molecule has 29 heavy (non-hydrogen) atoms. The molecule has 2 rings (SSSR count). The fourth-order valence-electron chi connectivity index (χ4n) is 3.72. The number of ether oxygens (including phenoxy) is 1. The number of rotatable bonds is 9. The molecule has 1 unspecified atom stereocenters. The van der Waals surface area contributed by atoms with Gasteiger partial charge in [-0.1, -0.05) is 19.3 Å².